The van der Waals surface area contributed by atoms with E-state index in [4.69, 9.17) is 0 Å². The highest BCUT2D eigenvalue weighted by molar-refractivity contribution is 5.52. The second kappa shape index (κ2) is 9.80. The summed E-state index contributed by atoms with van der Waals surface area (Å²) in [5.41, 5.74) is 4.21. The normalized spacial score (nSPS) is 10.6. The Morgan fingerprint density at radius 1 is 1.11 bits per heavy atom. The van der Waals surface area contributed by atoms with Crippen molar-refractivity contribution in [2.75, 3.05) is 13.6 Å². The van der Waals surface area contributed by atoms with E-state index >= 15 is 0 Å². The van der Waals surface area contributed by atoms with Crippen molar-refractivity contribution in [1.29, 1.82) is 0 Å². The molecule has 0 aliphatic heterocycles. The molecule has 0 aliphatic rings. The second-order valence-corrected chi connectivity index (χ2v) is 5.21. The molecule has 1 aromatic carbocycles. The molecule has 1 rings (SSSR count). The van der Waals surface area contributed by atoms with Gasteiger partial charge in [0.1, 0.15) is 0 Å². The monoisotopic (exact) mass is 259 g/mol. The summed E-state index contributed by atoms with van der Waals surface area (Å²) >= 11 is 0. The van der Waals surface area contributed by atoms with Gasteiger partial charge in [0.2, 0.25) is 0 Å². The highest BCUT2D eigenvalue weighted by Gasteiger charge is 2.00. The lowest BCUT2D eigenvalue weighted by molar-refractivity contribution is 0.597. The average Bonchev–Trinajstić information content (AvgIpc) is 2.46. The highest BCUT2D eigenvalue weighted by Crippen LogP contribution is 2.16. The topological polar surface area (TPSA) is 12.0 Å². The Balaban J connectivity index is 2.27. The summed E-state index contributed by atoms with van der Waals surface area (Å²) in [5, 5.41) is 3.20. The van der Waals surface area contributed by atoms with Crippen LogP contribution in [0.5, 0.6) is 0 Å². The second-order valence-electron chi connectivity index (χ2n) is 5.21. The van der Waals surface area contributed by atoms with Crippen molar-refractivity contribution in [3.63, 3.8) is 0 Å². The molecule has 0 radical (unpaired) electrons. The average molecular weight is 259 g/mol. The van der Waals surface area contributed by atoms with Crippen molar-refractivity contribution in [2.24, 2.45) is 0 Å². The van der Waals surface area contributed by atoms with Crippen LogP contribution in [0.4, 0.5) is 0 Å². The number of aryl methyl sites for hydroxylation is 2. The fourth-order valence-corrected chi connectivity index (χ4v) is 2.48. The largest absolute Gasteiger partial charge is 0.320 e. The molecule has 0 fully saturated rings. The van der Waals surface area contributed by atoms with Crippen LogP contribution in [0, 0.1) is 0 Å². The third kappa shape index (κ3) is 6.07. The Labute approximate surface area is 119 Å². The van der Waals surface area contributed by atoms with Gasteiger partial charge in [0.25, 0.3) is 0 Å². The van der Waals surface area contributed by atoms with E-state index in [-0.39, 0.29) is 0 Å². The first-order valence-corrected chi connectivity index (χ1v) is 7.70. The van der Waals surface area contributed by atoms with Gasteiger partial charge in [-0.1, -0.05) is 57.0 Å². The van der Waals surface area contributed by atoms with Crippen LogP contribution in [-0.2, 0) is 12.8 Å². The molecule has 0 spiro atoms. The SMILES string of the molecule is C=Cc1ccc(CCCCCCCNC)cc1CC. The number of hydrogen-bond donors (Lipinski definition) is 1. The van der Waals surface area contributed by atoms with E-state index in [0.717, 1.165) is 13.0 Å². The van der Waals surface area contributed by atoms with Gasteiger partial charge in [-0.3, -0.25) is 0 Å². The number of unbranched alkanes of at least 4 members (excludes halogenated alkanes) is 4. The lowest BCUT2D eigenvalue weighted by atomic mass is 9.98. The maximum Gasteiger partial charge on any atom is -0.00519 e. The van der Waals surface area contributed by atoms with Crippen LogP contribution in [0.3, 0.4) is 0 Å². The highest BCUT2D eigenvalue weighted by atomic mass is 14.8. The third-order valence-electron chi connectivity index (χ3n) is 3.70. The van der Waals surface area contributed by atoms with Crippen LogP contribution in [0.1, 0.15) is 55.7 Å². The molecule has 0 aromatic heterocycles. The minimum Gasteiger partial charge on any atom is -0.320 e. The van der Waals surface area contributed by atoms with Gasteiger partial charge in [0, 0.05) is 0 Å². The predicted octanol–water partition coefficient (Wildman–Crippen LogP) is 4.60. The number of benzene rings is 1. The minimum absolute atomic E-state index is 1.10. The Morgan fingerprint density at radius 3 is 2.53 bits per heavy atom. The molecular weight excluding hydrogens is 230 g/mol. The lowest BCUT2D eigenvalue weighted by Gasteiger charge is -2.07. The quantitative estimate of drug-likeness (QED) is 0.605. The molecule has 0 aliphatic carbocycles. The van der Waals surface area contributed by atoms with Gasteiger partial charge in [-0.2, -0.15) is 0 Å². The van der Waals surface area contributed by atoms with E-state index in [2.05, 4.69) is 37.0 Å². The Morgan fingerprint density at radius 2 is 1.84 bits per heavy atom. The van der Waals surface area contributed by atoms with Gasteiger partial charge < -0.3 is 5.32 Å². The van der Waals surface area contributed by atoms with Gasteiger partial charge in [0.05, 0.1) is 0 Å². The van der Waals surface area contributed by atoms with E-state index < -0.39 is 0 Å². The van der Waals surface area contributed by atoms with Gasteiger partial charge in [-0.25, -0.2) is 0 Å². The number of hydrogen-bond acceptors (Lipinski definition) is 1. The van der Waals surface area contributed by atoms with Crippen LogP contribution in [0.15, 0.2) is 24.8 Å². The molecule has 0 saturated carbocycles. The molecule has 0 amide bonds. The number of nitrogens with one attached hydrogen (secondary N) is 1. The zero-order chi connectivity index (χ0) is 13.9. The molecule has 0 bridgehead atoms. The van der Waals surface area contributed by atoms with E-state index in [1.54, 1.807) is 0 Å². The first-order chi connectivity index (χ1) is 9.31. The molecule has 106 valence electrons. The zero-order valence-corrected chi connectivity index (χ0v) is 12.7. The first-order valence-electron chi connectivity index (χ1n) is 7.70. The molecule has 1 N–H and O–H groups in total. The summed E-state index contributed by atoms with van der Waals surface area (Å²) in [6.07, 6.45) is 11.0. The van der Waals surface area contributed by atoms with Gasteiger partial charge in [0.15, 0.2) is 0 Å². The van der Waals surface area contributed by atoms with E-state index in [0.29, 0.717) is 0 Å². The van der Waals surface area contributed by atoms with Crippen molar-refractivity contribution in [1.82, 2.24) is 5.32 Å². The van der Waals surface area contributed by atoms with Crippen molar-refractivity contribution in [2.45, 2.75) is 51.9 Å². The first kappa shape index (κ1) is 16.0. The summed E-state index contributed by atoms with van der Waals surface area (Å²) < 4.78 is 0. The molecular formula is C18H29N. The fourth-order valence-electron chi connectivity index (χ4n) is 2.48. The summed E-state index contributed by atoms with van der Waals surface area (Å²) in [7, 11) is 2.03. The summed E-state index contributed by atoms with van der Waals surface area (Å²) in [4.78, 5) is 0. The van der Waals surface area contributed by atoms with Crippen LogP contribution in [0.2, 0.25) is 0 Å². The molecule has 1 aromatic rings. The summed E-state index contributed by atoms with van der Waals surface area (Å²) in [5.74, 6) is 0. The van der Waals surface area contributed by atoms with Crippen molar-refractivity contribution >= 4 is 6.08 Å². The van der Waals surface area contributed by atoms with Crippen LogP contribution >= 0.6 is 0 Å². The zero-order valence-electron chi connectivity index (χ0n) is 12.7. The van der Waals surface area contributed by atoms with Crippen molar-refractivity contribution < 1.29 is 0 Å². The molecule has 0 saturated heterocycles. The van der Waals surface area contributed by atoms with Crippen LogP contribution < -0.4 is 5.32 Å². The number of rotatable bonds is 10. The molecule has 19 heavy (non-hydrogen) atoms. The lowest BCUT2D eigenvalue weighted by Crippen LogP contribution is -2.06. The predicted molar refractivity (Wildman–Crippen MR) is 86.6 cm³/mol. The summed E-state index contributed by atoms with van der Waals surface area (Å²) in [6.45, 7) is 7.25. The van der Waals surface area contributed by atoms with E-state index in [1.807, 2.05) is 13.1 Å². The maximum atomic E-state index is 3.88. The Kier molecular flexibility index (Phi) is 8.24. The molecule has 1 heteroatoms. The van der Waals surface area contributed by atoms with Crippen molar-refractivity contribution in [3.8, 4) is 0 Å². The van der Waals surface area contributed by atoms with Crippen LogP contribution in [-0.4, -0.2) is 13.6 Å². The third-order valence-corrected chi connectivity index (χ3v) is 3.70. The van der Waals surface area contributed by atoms with E-state index in [1.165, 1.54) is 55.2 Å². The molecule has 1 nitrogen and oxygen atoms in total. The van der Waals surface area contributed by atoms with Crippen molar-refractivity contribution in [3.05, 3.63) is 41.5 Å². The minimum atomic E-state index is 1.10. The molecule has 0 atom stereocenters. The Hall–Kier alpha value is -1.08. The molecule has 0 heterocycles. The standard InChI is InChI=1S/C18H29N/c1-4-17-13-12-16(15-18(17)5-2)11-9-7-6-8-10-14-19-3/h4,12-13,15,19H,1,5-11,14H2,2-3H3. The van der Waals surface area contributed by atoms with E-state index in [9.17, 15) is 0 Å². The van der Waals surface area contributed by atoms with Gasteiger partial charge >= 0.3 is 0 Å². The molecule has 0 unspecified atom stereocenters. The summed E-state index contributed by atoms with van der Waals surface area (Å²) in [6, 6.07) is 6.84. The van der Waals surface area contributed by atoms with Gasteiger partial charge in [-0.15, -0.1) is 0 Å². The van der Waals surface area contributed by atoms with Gasteiger partial charge in [-0.05, 0) is 56.0 Å². The smallest absolute Gasteiger partial charge is 0.00519 e. The maximum absolute atomic E-state index is 3.88. The fraction of sp³-hybridized carbons (Fsp3) is 0.556. The Bertz CT molecular complexity index is 368. The van der Waals surface area contributed by atoms with Crippen LogP contribution in [0.25, 0.3) is 6.08 Å².